The summed E-state index contributed by atoms with van der Waals surface area (Å²) in [6.07, 6.45) is 68.2. The van der Waals surface area contributed by atoms with Crippen LogP contribution in [0, 0.1) is 0 Å². The van der Waals surface area contributed by atoms with Gasteiger partial charge in [0.15, 0.2) is 6.10 Å². The van der Waals surface area contributed by atoms with Crippen molar-refractivity contribution in [3.63, 3.8) is 0 Å². The van der Waals surface area contributed by atoms with E-state index >= 15 is 0 Å². The minimum absolute atomic E-state index is 0.0761. The van der Waals surface area contributed by atoms with Crippen LogP contribution in [0.5, 0.6) is 0 Å². The molecule has 6 heteroatoms. The Kier molecular flexibility index (Phi) is 53.8. The third-order valence-corrected chi connectivity index (χ3v) is 12.8. The fraction of sp³-hybridized carbons (Fsp3) is 0.820. The molecular formula is C61H110O6. The molecule has 67 heavy (non-hydrogen) atoms. The first kappa shape index (κ1) is 64.4. The van der Waals surface area contributed by atoms with Gasteiger partial charge < -0.3 is 14.2 Å². The number of allylic oxidation sites excluding steroid dienone is 8. The van der Waals surface area contributed by atoms with Crippen molar-refractivity contribution in [2.45, 2.75) is 309 Å². The van der Waals surface area contributed by atoms with Crippen LogP contribution in [-0.2, 0) is 28.6 Å². The van der Waals surface area contributed by atoms with E-state index in [1.807, 2.05) is 0 Å². The molecule has 1 unspecified atom stereocenters. The molecule has 0 heterocycles. The van der Waals surface area contributed by atoms with Gasteiger partial charge in [0.1, 0.15) is 13.2 Å². The Hall–Kier alpha value is -2.63. The maximum Gasteiger partial charge on any atom is 0.306 e. The summed E-state index contributed by atoms with van der Waals surface area (Å²) in [7, 11) is 0. The van der Waals surface area contributed by atoms with E-state index in [1.54, 1.807) is 0 Å². The van der Waals surface area contributed by atoms with Gasteiger partial charge in [-0.05, 0) is 83.5 Å². The van der Waals surface area contributed by atoms with Crippen LogP contribution in [0.4, 0.5) is 0 Å². The van der Waals surface area contributed by atoms with Gasteiger partial charge >= 0.3 is 17.9 Å². The smallest absolute Gasteiger partial charge is 0.306 e. The van der Waals surface area contributed by atoms with Crippen LogP contribution in [0.3, 0.4) is 0 Å². The highest BCUT2D eigenvalue weighted by Gasteiger charge is 2.19. The minimum atomic E-state index is -0.778. The lowest BCUT2D eigenvalue weighted by Gasteiger charge is -2.18. The van der Waals surface area contributed by atoms with E-state index in [-0.39, 0.29) is 31.1 Å². The van der Waals surface area contributed by atoms with Crippen molar-refractivity contribution < 1.29 is 28.6 Å². The number of unbranched alkanes of at least 4 members (excludes halogenated alkanes) is 34. The van der Waals surface area contributed by atoms with Crippen molar-refractivity contribution in [1.29, 1.82) is 0 Å². The quantitative estimate of drug-likeness (QED) is 0.0262. The Morgan fingerprint density at radius 1 is 0.299 bits per heavy atom. The maximum atomic E-state index is 12.8. The zero-order valence-corrected chi connectivity index (χ0v) is 44.7. The SMILES string of the molecule is CCCCCCC/C=C\C/C=C\C/C=C\CCCCCCCCCCC(=O)OCC(COC(=O)CCCCCCCCCCCCC)OC(=O)CCCCCCC/C=C\CCCCCCCC. The Morgan fingerprint density at radius 2 is 0.537 bits per heavy atom. The topological polar surface area (TPSA) is 78.9 Å². The highest BCUT2D eigenvalue weighted by atomic mass is 16.6. The van der Waals surface area contributed by atoms with E-state index in [2.05, 4.69) is 69.4 Å². The molecule has 0 aliphatic heterocycles. The van der Waals surface area contributed by atoms with Crippen molar-refractivity contribution in [1.82, 2.24) is 0 Å². The molecular weight excluding hydrogens is 829 g/mol. The van der Waals surface area contributed by atoms with E-state index < -0.39 is 6.10 Å². The first-order valence-corrected chi connectivity index (χ1v) is 29.1. The molecule has 0 aliphatic carbocycles. The molecule has 0 aromatic carbocycles. The Bertz CT molecular complexity index is 1170. The second-order valence-electron chi connectivity index (χ2n) is 19.6. The fourth-order valence-electron chi connectivity index (χ4n) is 8.39. The lowest BCUT2D eigenvalue weighted by atomic mass is 10.1. The van der Waals surface area contributed by atoms with Gasteiger partial charge in [0.05, 0.1) is 0 Å². The van der Waals surface area contributed by atoms with Gasteiger partial charge in [-0.15, -0.1) is 0 Å². The molecule has 0 N–H and O–H groups in total. The molecule has 0 rings (SSSR count). The van der Waals surface area contributed by atoms with Crippen molar-refractivity contribution in [3.05, 3.63) is 48.6 Å². The van der Waals surface area contributed by atoms with Crippen LogP contribution in [0.1, 0.15) is 303 Å². The molecule has 0 aliphatic rings. The second-order valence-corrected chi connectivity index (χ2v) is 19.6. The summed E-state index contributed by atoms with van der Waals surface area (Å²) in [6, 6.07) is 0. The van der Waals surface area contributed by atoms with Gasteiger partial charge in [-0.25, -0.2) is 0 Å². The molecule has 0 aromatic heterocycles. The van der Waals surface area contributed by atoms with Gasteiger partial charge in [0.2, 0.25) is 0 Å². The van der Waals surface area contributed by atoms with Crippen LogP contribution in [0.2, 0.25) is 0 Å². The van der Waals surface area contributed by atoms with Crippen molar-refractivity contribution in [3.8, 4) is 0 Å². The fourth-order valence-corrected chi connectivity index (χ4v) is 8.39. The van der Waals surface area contributed by atoms with Gasteiger partial charge in [-0.3, -0.25) is 14.4 Å². The average Bonchev–Trinajstić information content (AvgIpc) is 3.33. The number of carbonyl (C=O) groups excluding carboxylic acids is 3. The first-order valence-electron chi connectivity index (χ1n) is 29.1. The van der Waals surface area contributed by atoms with E-state index in [0.717, 1.165) is 83.5 Å². The predicted octanol–water partition coefficient (Wildman–Crippen LogP) is 19.4. The van der Waals surface area contributed by atoms with E-state index in [9.17, 15) is 14.4 Å². The molecule has 0 amide bonds. The molecule has 0 spiro atoms. The van der Waals surface area contributed by atoms with Crippen LogP contribution in [-0.4, -0.2) is 37.2 Å². The molecule has 390 valence electrons. The molecule has 0 radical (unpaired) electrons. The largest absolute Gasteiger partial charge is 0.462 e. The lowest BCUT2D eigenvalue weighted by molar-refractivity contribution is -0.167. The van der Waals surface area contributed by atoms with Crippen LogP contribution in [0.25, 0.3) is 0 Å². The zero-order valence-electron chi connectivity index (χ0n) is 44.7. The number of esters is 3. The zero-order chi connectivity index (χ0) is 48.6. The third-order valence-electron chi connectivity index (χ3n) is 12.8. The summed E-state index contributed by atoms with van der Waals surface area (Å²) >= 11 is 0. The first-order chi connectivity index (χ1) is 33.0. The summed E-state index contributed by atoms with van der Waals surface area (Å²) in [6.45, 7) is 6.63. The average molecular weight is 940 g/mol. The van der Waals surface area contributed by atoms with E-state index in [4.69, 9.17) is 14.2 Å². The summed E-state index contributed by atoms with van der Waals surface area (Å²) in [4.78, 5) is 38.1. The van der Waals surface area contributed by atoms with Crippen molar-refractivity contribution in [2.75, 3.05) is 13.2 Å². The minimum Gasteiger partial charge on any atom is -0.462 e. The monoisotopic (exact) mass is 939 g/mol. The normalized spacial score (nSPS) is 12.3. The second kappa shape index (κ2) is 56.0. The van der Waals surface area contributed by atoms with Gasteiger partial charge in [-0.2, -0.15) is 0 Å². The Labute approximate surface area is 416 Å². The molecule has 6 nitrogen and oxygen atoms in total. The van der Waals surface area contributed by atoms with E-state index in [1.165, 1.54) is 180 Å². The molecule has 0 aromatic rings. The number of hydrogen-bond donors (Lipinski definition) is 0. The highest BCUT2D eigenvalue weighted by molar-refractivity contribution is 5.71. The summed E-state index contributed by atoms with van der Waals surface area (Å²) < 4.78 is 16.8. The van der Waals surface area contributed by atoms with Crippen LogP contribution < -0.4 is 0 Å². The Morgan fingerprint density at radius 3 is 0.851 bits per heavy atom. The van der Waals surface area contributed by atoms with Gasteiger partial charge in [-0.1, -0.05) is 249 Å². The van der Waals surface area contributed by atoms with Gasteiger partial charge in [0.25, 0.3) is 0 Å². The number of rotatable bonds is 53. The number of carbonyl (C=O) groups is 3. The lowest BCUT2D eigenvalue weighted by Crippen LogP contribution is -2.30. The maximum absolute atomic E-state index is 12.8. The summed E-state index contributed by atoms with van der Waals surface area (Å²) in [5.74, 6) is -0.880. The van der Waals surface area contributed by atoms with Gasteiger partial charge in [0, 0.05) is 19.3 Å². The molecule has 0 saturated carbocycles. The Balaban J connectivity index is 4.30. The van der Waals surface area contributed by atoms with Crippen LogP contribution >= 0.6 is 0 Å². The van der Waals surface area contributed by atoms with Crippen LogP contribution in [0.15, 0.2) is 48.6 Å². The van der Waals surface area contributed by atoms with Crippen molar-refractivity contribution in [2.24, 2.45) is 0 Å². The standard InChI is InChI=1S/C61H110O6/c1-4-7-10-13-16-19-22-24-26-27-28-29-30-31-32-33-35-36-39-42-45-48-51-54-60(63)66-57-58(56-65-59(62)53-50-47-44-41-38-21-18-15-12-9-6-3)67-61(64)55-52-49-46-43-40-37-34-25-23-20-17-14-11-8-5-2/h22,24-25,27-28,30-31,34,58H,4-21,23,26,29,32-33,35-57H2,1-3H3/b24-22-,28-27-,31-30-,34-25-. The molecule has 0 saturated heterocycles. The number of ether oxygens (including phenoxy) is 3. The molecule has 0 bridgehead atoms. The summed E-state index contributed by atoms with van der Waals surface area (Å²) in [5.41, 5.74) is 0. The third kappa shape index (κ3) is 54.2. The van der Waals surface area contributed by atoms with Crippen molar-refractivity contribution >= 4 is 17.9 Å². The van der Waals surface area contributed by atoms with E-state index in [0.29, 0.717) is 19.3 Å². The predicted molar refractivity (Wildman–Crippen MR) is 289 cm³/mol. The molecule has 0 fully saturated rings. The molecule has 1 atom stereocenters. The number of hydrogen-bond acceptors (Lipinski definition) is 6. The summed E-state index contributed by atoms with van der Waals surface area (Å²) in [5, 5.41) is 0. The highest BCUT2D eigenvalue weighted by Crippen LogP contribution is 2.16.